The van der Waals surface area contributed by atoms with Crippen molar-refractivity contribution in [3.63, 3.8) is 0 Å². The summed E-state index contributed by atoms with van der Waals surface area (Å²) >= 11 is 0. The van der Waals surface area contributed by atoms with E-state index in [-0.39, 0.29) is 18.0 Å². The van der Waals surface area contributed by atoms with Gasteiger partial charge in [-0.3, -0.25) is 4.79 Å². The van der Waals surface area contributed by atoms with Gasteiger partial charge in [-0.25, -0.2) is 4.79 Å². The Morgan fingerprint density at radius 3 is 2.56 bits per heavy atom. The van der Waals surface area contributed by atoms with Crippen molar-refractivity contribution in [2.45, 2.75) is 26.4 Å². The lowest BCUT2D eigenvalue weighted by molar-refractivity contribution is 0.0640. The Kier molecular flexibility index (Phi) is 6.01. The Bertz CT molecular complexity index is 767. The number of anilines is 1. The Morgan fingerprint density at radius 1 is 1.15 bits per heavy atom. The van der Waals surface area contributed by atoms with Gasteiger partial charge >= 0.3 is 6.03 Å². The molecular weight excluding hydrogens is 346 g/mol. The highest BCUT2D eigenvalue weighted by molar-refractivity contribution is 5.92. The number of nitrogens with one attached hydrogen (secondary N) is 1. The maximum absolute atomic E-state index is 12.5. The first-order valence-electron chi connectivity index (χ1n) is 9.22. The molecule has 0 aliphatic carbocycles. The van der Waals surface area contributed by atoms with Crippen molar-refractivity contribution < 1.29 is 18.7 Å². The van der Waals surface area contributed by atoms with E-state index in [0.29, 0.717) is 37.6 Å². The highest BCUT2D eigenvalue weighted by Crippen LogP contribution is 2.20. The van der Waals surface area contributed by atoms with E-state index < -0.39 is 0 Å². The minimum atomic E-state index is -0.180. The van der Waals surface area contributed by atoms with Crippen molar-refractivity contribution in [3.05, 3.63) is 48.4 Å². The number of carbonyl (C=O) groups excluding carboxylic acids is 2. The van der Waals surface area contributed by atoms with Crippen LogP contribution in [-0.2, 0) is 0 Å². The Hall–Kier alpha value is -2.96. The van der Waals surface area contributed by atoms with Gasteiger partial charge in [-0.1, -0.05) is 13.0 Å². The van der Waals surface area contributed by atoms with Crippen LogP contribution in [-0.4, -0.2) is 54.0 Å². The van der Waals surface area contributed by atoms with Crippen LogP contribution in [0.3, 0.4) is 0 Å². The fourth-order valence-corrected chi connectivity index (χ4v) is 2.83. The minimum absolute atomic E-state index is 0.121. The minimum Gasteiger partial charge on any atom is -0.491 e. The Labute approximate surface area is 158 Å². The third kappa shape index (κ3) is 4.81. The molecule has 1 aromatic carbocycles. The van der Waals surface area contributed by atoms with Gasteiger partial charge in [0.05, 0.1) is 12.4 Å². The molecule has 1 saturated heterocycles. The van der Waals surface area contributed by atoms with E-state index in [4.69, 9.17) is 9.15 Å². The quantitative estimate of drug-likeness (QED) is 0.874. The standard InChI is InChI=1S/C20H25N3O4/c1-3-15(2)27-17-7-4-6-16(14-17)21-20(25)23-11-9-22(10-12-23)19(24)18-8-5-13-26-18/h4-8,13-15H,3,9-12H2,1-2H3,(H,21,25). The van der Waals surface area contributed by atoms with Gasteiger partial charge in [0, 0.05) is 37.9 Å². The summed E-state index contributed by atoms with van der Waals surface area (Å²) in [5.74, 6) is 0.914. The molecule has 7 nitrogen and oxygen atoms in total. The molecule has 1 unspecified atom stereocenters. The van der Waals surface area contributed by atoms with Crippen LogP contribution in [0.15, 0.2) is 47.1 Å². The molecule has 27 heavy (non-hydrogen) atoms. The number of carbonyl (C=O) groups is 2. The van der Waals surface area contributed by atoms with Crippen LogP contribution in [0.25, 0.3) is 0 Å². The molecule has 3 amide bonds. The van der Waals surface area contributed by atoms with E-state index in [1.807, 2.05) is 31.2 Å². The number of furan rings is 1. The lowest BCUT2D eigenvalue weighted by atomic mass is 10.2. The second-order valence-corrected chi connectivity index (χ2v) is 6.55. The number of hydrogen-bond donors (Lipinski definition) is 1. The molecular formula is C20H25N3O4. The molecule has 0 radical (unpaired) electrons. The van der Waals surface area contributed by atoms with Crippen LogP contribution in [0.5, 0.6) is 5.75 Å². The van der Waals surface area contributed by atoms with Crippen LogP contribution in [0.4, 0.5) is 10.5 Å². The summed E-state index contributed by atoms with van der Waals surface area (Å²) in [7, 11) is 0. The molecule has 1 aliphatic heterocycles. The number of urea groups is 1. The predicted octanol–water partition coefficient (Wildman–Crippen LogP) is 3.45. The van der Waals surface area contributed by atoms with Crippen molar-refractivity contribution in [1.82, 2.24) is 9.80 Å². The van der Waals surface area contributed by atoms with E-state index >= 15 is 0 Å². The van der Waals surface area contributed by atoms with Gasteiger partial charge in [0.25, 0.3) is 5.91 Å². The molecule has 2 heterocycles. The summed E-state index contributed by atoms with van der Waals surface area (Å²) < 4.78 is 10.9. The highest BCUT2D eigenvalue weighted by atomic mass is 16.5. The third-order valence-electron chi connectivity index (χ3n) is 4.58. The molecule has 0 bridgehead atoms. The van der Waals surface area contributed by atoms with E-state index in [1.165, 1.54) is 6.26 Å². The zero-order valence-electron chi connectivity index (χ0n) is 15.7. The highest BCUT2D eigenvalue weighted by Gasteiger charge is 2.26. The zero-order chi connectivity index (χ0) is 19.2. The molecule has 1 aliphatic rings. The van der Waals surface area contributed by atoms with Crippen molar-refractivity contribution >= 4 is 17.6 Å². The number of amides is 3. The second-order valence-electron chi connectivity index (χ2n) is 6.55. The molecule has 1 fully saturated rings. The monoisotopic (exact) mass is 371 g/mol. The molecule has 1 atom stereocenters. The van der Waals surface area contributed by atoms with E-state index in [2.05, 4.69) is 12.2 Å². The SMILES string of the molecule is CCC(C)Oc1cccc(NC(=O)N2CCN(C(=O)c3ccco3)CC2)c1. The number of hydrogen-bond acceptors (Lipinski definition) is 4. The number of rotatable bonds is 5. The number of benzene rings is 1. The van der Waals surface area contributed by atoms with Gasteiger partial charge in [0.2, 0.25) is 0 Å². The normalized spacial score (nSPS) is 15.3. The van der Waals surface area contributed by atoms with Crippen molar-refractivity contribution in [3.8, 4) is 5.75 Å². The maximum Gasteiger partial charge on any atom is 0.321 e. The molecule has 3 rings (SSSR count). The first-order valence-corrected chi connectivity index (χ1v) is 9.22. The number of piperazine rings is 1. The number of nitrogens with zero attached hydrogens (tertiary/aromatic N) is 2. The average molecular weight is 371 g/mol. The maximum atomic E-state index is 12.5. The fourth-order valence-electron chi connectivity index (χ4n) is 2.83. The molecule has 2 aromatic rings. The topological polar surface area (TPSA) is 75.0 Å². The molecule has 1 N–H and O–H groups in total. The lowest BCUT2D eigenvalue weighted by Crippen LogP contribution is -2.51. The second kappa shape index (κ2) is 8.62. The Morgan fingerprint density at radius 2 is 1.89 bits per heavy atom. The summed E-state index contributed by atoms with van der Waals surface area (Å²) in [5.41, 5.74) is 0.690. The van der Waals surface area contributed by atoms with Crippen LogP contribution >= 0.6 is 0 Å². The summed E-state index contributed by atoms with van der Waals surface area (Å²) in [4.78, 5) is 28.2. The summed E-state index contributed by atoms with van der Waals surface area (Å²) in [6, 6.07) is 10.5. The summed E-state index contributed by atoms with van der Waals surface area (Å²) in [6.07, 6.45) is 2.52. The van der Waals surface area contributed by atoms with Gasteiger partial charge < -0.3 is 24.3 Å². The molecule has 0 spiro atoms. The van der Waals surface area contributed by atoms with Gasteiger partial charge in [0.15, 0.2) is 5.76 Å². The van der Waals surface area contributed by atoms with Crippen LogP contribution in [0.2, 0.25) is 0 Å². The fraction of sp³-hybridized carbons (Fsp3) is 0.400. The molecule has 7 heteroatoms. The van der Waals surface area contributed by atoms with Crippen LogP contribution in [0.1, 0.15) is 30.8 Å². The number of ether oxygens (including phenoxy) is 1. The zero-order valence-corrected chi connectivity index (χ0v) is 15.7. The first kappa shape index (κ1) is 18.8. The summed E-state index contributed by atoms with van der Waals surface area (Å²) in [6.45, 7) is 5.97. The van der Waals surface area contributed by atoms with Gasteiger partial charge in [-0.2, -0.15) is 0 Å². The van der Waals surface area contributed by atoms with E-state index in [0.717, 1.165) is 12.2 Å². The third-order valence-corrected chi connectivity index (χ3v) is 4.58. The first-order chi connectivity index (χ1) is 13.1. The Balaban J connectivity index is 1.52. The molecule has 0 saturated carbocycles. The smallest absolute Gasteiger partial charge is 0.321 e. The van der Waals surface area contributed by atoms with E-state index in [1.54, 1.807) is 21.9 Å². The lowest BCUT2D eigenvalue weighted by Gasteiger charge is -2.34. The van der Waals surface area contributed by atoms with Gasteiger partial charge in [-0.05, 0) is 37.6 Å². The van der Waals surface area contributed by atoms with Crippen molar-refractivity contribution in [1.29, 1.82) is 0 Å². The average Bonchev–Trinajstić information content (AvgIpc) is 3.22. The molecule has 1 aromatic heterocycles. The predicted molar refractivity (Wildman–Crippen MR) is 102 cm³/mol. The van der Waals surface area contributed by atoms with Crippen molar-refractivity contribution in [2.24, 2.45) is 0 Å². The molecule has 144 valence electrons. The largest absolute Gasteiger partial charge is 0.491 e. The van der Waals surface area contributed by atoms with Crippen LogP contribution in [0, 0.1) is 0 Å². The van der Waals surface area contributed by atoms with Crippen LogP contribution < -0.4 is 10.1 Å². The van der Waals surface area contributed by atoms with Crippen molar-refractivity contribution in [2.75, 3.05) is 31.5 Å². The summed E-state index contributed by atoms with van der Waals surface area (Å²) in [5, 5.41) is 2.90. The van der Waals surface area contributed by atoms with Gasteiger partial charge in [0.1, 0.15) is 5.75 Å². The van der Waals surface area contributed by atoms with E-state index in [9.17, 15) is 9.59 Å². The van der Waals surface area contributed by atoms with Gasteiger partial charge in [-0.15, -0.1) is 0 Å².